The van der Waals surface area contributed by atoms with Crippen molar-refractivity contribution in [2.75, 3.05) is 28.2 Å². The highest BCUT2D eigenvalue weighted by Gasteiger charge is 2.20. The molecule has 0 aliphatic carbocycles. The summed E-state index contributed by atoms with van der Waals surface area (Å²) in [6, 6.07) is 4.61. The Kier molecular flexibility index (Phi) is 4.82. The number of ether oxygens (including phenoxy) is 1. The van der Waals surface area contributed by atoms with Crippen LogP contribution in [0.15, 0.2) is 18.2 Å². The molecule has 0 bridgehead atoms. The molecule has 0 spiro atoms. The van der Waals surface area contributed by atoms with Crippen molar-refractivity contribution < 1.29 is 19.4 Å². The number of nitrogens with one attached hydrogen (secondary N) is 1. The topological polar surface area (TPSA) is 77.1 Å². The number of rotatable bonds is 4. The molecular formula is C12H18N3O4+. The van der Waals surface area contributed by atoms with E-state index in [0.29, 0.717) is 6.54 Å². The van der Waals surface area contributed by atoms with Crippen LogP contribution in [-0.4, -0.2) is 44.1 Å². The monoisotopic (exact) mass is 268 g/mol. The standard InChI is InChI=1S/C12H17N3O4/c1-13(2)8-9-5-6-11(10(7-9)15(17)18)19-12(16)14(3)4/h5-7H,8H2,1-4H3/p+1. The maximum absolute atomic E-state index is 11.4. The number of quaternary nitrogens is 1. The summed E-state index contributed by atoms with van der Waals surface area (Å²) in [6.07, 6.45) is -0.644. The second-order valence-electron chi connectivity index (χ2n) is 4.71. The van der Waals surface area contributed by atoms with Crippen LogP contribution in [0.5, 0.6) is 5.75 Å². The molecule has 0 saturated heterocycles. The quantitative estimate of drug-likeness (QED) is 0.629. The van der Waals surface area contributed by atoms with E-state index in [1.165, 1.54) is 31.1 Å². The molecule has 1 N–H and O–H groups in total. The number of benzene rings is 1. The molecule has 0 fully saturated rings. The summed E-state index contributed by atoms with van der Waals surface area (Å²) < 4.78 is 4.97. The van der Waals surface area contributed by atoms with E-state index in [4.69, 9.17) is 4.74 Å². The van der Waals surface area contributed by atoms with Gasteiger partial charge in [0.05, 0.1) is 19.0 Å². The third-order valence-corrected chi connectivity index (χ3v) is 2.34. The van der Waals surface area contributed by atoms with Gasteiger partial charge in [0, 0.05) is 25.7 Å². The summed E-state index contributed by atoms with van der Waals surface area (Å²) in [5, 5.41) is 11.0. The van der Waals surface area contributed by atoms with Crippen molar-refractivity contribution in [3.8, 4) is 5.75 Å². The molecule has 0 aliphatic rings. The molecule has 104 valence electrons. The fourth-order valence-corrected chi connectivity index (χ4v) is 1.50. The Morgan fingerprint density at radius 1 is 1.42 bits per heavy atom. The van der Waals surface area contributed by atoms with Crippen molar-refractivity contribution in [1.82, 2.24) is 4.90 Å². The normalized spacial score (nSPS) is 10.4. The summed E-state index contributed by atoms with van der Waals surface area (Å²) in [4.78, 5) is 24.2. The summed E-state index contributed by atoms with van der Waals surface area (Å²) in [6.45, 7) is 0.656. The van der Waals surface area contributed by atoms with Gasteiger partial charge in [-0.1, -0.05) is 0 Å². The molecular weight excluding hydrogens is 250 g/mol. The second kappa shape index (κ2) is 6.14. The lowest BCUT2D eigenvalue weighted by molar-refractivity contribution is -0.872. The Labute approximate surface area is 111 Å². The van der Waals surface area contributed by atoms with Crippen molar-refractivity contribution in [2.45, 2.75) is 6.54 Å². The van der Waals surface area contributed by atoms with E-state index in [-0.39, 0.29) is 11.4 Å². The molecule has 0 aromatic heterocycles. The molecule has 1 amide bonds. The Hall–Kier alpha value is -2.15. The summed E-state index contributed by atoms with van der Waals surface area (Å²) in [7, 11) is 6.92. The lowest BCUT2D eigenvalue weighted by Crippen LogP contribution is -3.04. The predicted molar refractivity (Wildman–Crippen MR) is 69.3 cm³/mol. The highest BCUT2D eigenvalue weighted by Crippen LogP contribution is 2.28. The largest absolute Gasteiger partial charge is 0.414 e. The third-order valence-electron chi connectivity index (χ3n) is 2.34. The van der Waals surface area contributed by atoms with Crippen molar-refractivity contribution >= 4 is 11.8 Å². The first-order valence-corrected chi connectivity index (χ1v) is 5.76. The van der Waals surface area contributed by atoms with Gasteiger partial charge in [0.15, 0.2) is 0 Å². The highest BCUT2D eigenvalue weighted by molar-refractivity contribution is 5.71. The van der Waals surface area contributed by atoms with E-state index in [1.807, 2.05) is 14.1 Å². The van der Waals surface area contributed by atoms with Gasteiger partial charge in [0.2, 0.25) is 5.75 Å². The molecule has 0 saturated carbocycles. The Morgan fingerprint density at radius 3 is 2.53 bits per heavy atom. The molecule has 1 aromatic rings. The predicted octanol–water partition coefficient (Wildman–Crippen LogP) is 0.300. The van der Waals surface area contributed by atoms with Crippen molar-refractivity contribution in [1.29, 1.82) is 0 Å². The fourth-order valence-electron chi connectivity index (χ4n) is 1.50. The number of carbonyl (C=O) groups excluding carboxylic acids is 1. The average Bonchev–Trinajstić information content (AvgIpc) is 2.29. The Bertz CT molecular complexity index is 486. The molecule has 0 atom stereocenters. The maximum Gasteiger partial charge on any atom is 0.414 e. The van der Waals surface area contributed by atoms with E-state index in [2.05, 4.69) is 0 Å². The molecule has 7 nitrogen and oxygen atoms in total. The lowest BCUT2D eigenvalue weighted by Gasteiger charge is -2.12. The van der Waals surface area contributed by atoms with Crippen LogP contribution in [0.2, 0.25) is 0 Å². The van der Waals surface area contributed by atoms with Crippen LogP contribution in [0, 0.1) is 10.1 Å². The van der Waals surface area contributed by atoms with Gasteiger partial charge in [0.25, 0.3) is 0 Å². The minimum atomic E-state index is -0.644. The summed E-state index contributed by atoms with van der Waals surface area (Å²) >= 11 is 0. The van der Waals surface area contributed by atoms with Gasteiger partial charge >= 0.3 is 11.8 Å². The number of amides is 1. The van der Waals surface area contributed by atoms with Gasteiger partial charge in [-0.25, -0.2) is 4.79 Å². The number of nitro benzene ring substituents is 1. The zero-order valence-electron chi connectivity index (χ0n) is 11.5. The van der Waals surface area contributed by atoms with Gasteiger partial charge in [0.1, 0.15) is 6.54 Å². The average molecular weight is 268 g/mol. The van der Waals surface area contributed by atoms with E-state index in [9.17, 15) is 14.9 Å². The molecule has 1 rings (SSSR count). The zero-order chi connectivity index (χ0) is 14.6. The van der Waals surface area contributed by atoms with E-state index in [1.54, 1.807) is 6.07 Å². The molecule has 0 radical (unpaired) electrons. The van der Waals surface area contributed by atoms with Crippen LogP contribution in [0.3, 0.4) is 0 Å². The highest BCUT2D eigenvalue weighted by atomic mass is 16.6. The molecule has 0 unspecified atom stereocenters. The van der Waals surface area contributed by atoms with Crippen LogP contribution >= 0.6 is 0 Å². The number of nitro groups is 1. The maximum atomic E-state index is 11.4. The van der Waals surface area contributed by atoms with E-state index in [0.717, 1.165) is 10.5 Å². The molecule has 1 aromatic carbocycles. The van der Waals surface area contributed by atoms with Gasteiger partial charge in [-0.15, -0.1) is 0 Å². The first-order valence-electron chi connectivity index (χ1n) is 5.76. The molecule has 7 heteroatoms. The van der Waals surface area contributed by atoms with Crippen LogP contribution < -0.4 is 9.64 Å². The first-order chi connectivity index (χ1) is 8.81. The third kappa shape index (κ3) is 4.22. The lowest BCUT2D eigenvalue weighted by atomic mass is 10.2. The zero-order valence-corrected chi connectivity index (χ0v) is 11.5. The summed E-state index contributed by atoms with van der Waals surface area (Å²) in [5.74, 6) is -0.0405. The first kappa shape index (κ1) is 14.9. The summed E-state index contributed by atoms with van der Waals surface area (Å²) in [5.41, 5.74) is 0.616. The number of carbonyl (C=O) groups is 1. The van der Waals surface area contributed by atoms with E-state index >= 15 is 0 Å². The minimum absolute atomic E-state index is 0.0405. The van der Waals surface area contributed by atoms with Gasteiger partial charge in [-0.3, -0.25) is 10.1 Å². The van der Waals surface area contributed by atoms with Crippen LogP contribution in [0.1, 0.15) is 5.56 Å². The van der Waals surface area contributed by atoms with Gasteiger partial charge in [-0.2, -0.15) is 0 Å². The Balaban J connectivity index is 3.05. The van der Waals surface area contributed by atoms with Crippen molar-refractivity contribution in [3.63, 3.8) is 0 Å². The smallest absolute Gasteiger partial charge is 0.403 e. The number of hydrogen-bond donors (Lipinski definition) is 1. The fraction of sp³-hybridized carbons (Fsp3) is 0.417. The van der Waals surface area contributed by atoms with Gasteiger partial charge < -0.3 is 14.5 Å². The van der Waals surface area contributed by atoms with Crippen LogP contribution in [0.4, 0.5) is 10.5 Å². The Morgan fingerprint density at radius 2 is 2.05 bits per heavy atom. The number of nitrogens with zero attached hydrogens (tertiary/aromatic N) is 2. The van der Waals surface area contributed by atoms with Crippen molar-refractivity contribution in [2.24, 2.45) is 0 Å². The second-order valence-corrected chi connectivity index (χ2v) is 4.71. The minimum Gasteiger partial charge on any atom is -0.403 e. The van der Waals surface area contributed by atoms with Crippen molar-refractivity contribution in [3.05, 3.63) is 33.9 Å². The molecule has 0 heterocycles. The number of hydrogen-bond acceptors (Lipinski definition) is 4. The van der Waals surface area contributed by atoms with E-state index < -0.39 is 11.0 Å². The van der Waals surface area contributed by atoms with Gasteiger partial charge in [-0.05, 0) is 12.1 Å². The molecule has 19 heavy (non-hydrogen) atoms. The van der Waals surface area contributed by atoms with Crippen LogP contribution in [0.25, 0.3) is 0 Å². The van der Waals surface area contributed by atoms with Crippen LogP contribution in [-0.2, 0) is 6.54 Å². The SMILES string of the molecule is CN(C)C(=O)Oc1ccc(C[NH+](C)C)cc1[N+](=O)[O-]. The molecule has 0 aliphatic heterocycles.